The van der Waals surface area contributed by atoms with E-state index in [2.05, 4.69) is 57.7 Å². The Morgan fingerprint density at radius 2 is 1.50 bits per heavy atom. The summed E-state index contributed by atoms with van der Waals surface area (Å²) in [5, 5.41) is 0. The van der Waals surface area contributed by atoms with Crippen LogP contribution in [-0.4, -0.2) is 0 Å². The van der Waals surface area contributed by atoms with Crippen molar-refractivity contribution >= 4 is 0 Å². The molecule has 0 atom stereocenters. The molecule has 0 saturated carbocycles. The molecule has 0 saturated heterocycles. The first-order valence-electron chi connectivity index (χ1n) is 7.45. The van der Waals surface area contributed by atoms with E-state index in [4.69, 9.17) is 0 Å². The van der Waals surface area contributed by atoms with Gasteiger partial charge in [0.2, 0.25) is 0 Å². The van der Waals surface area contributed by atoms with Gasteiger partial charge in [-0.05, 0) is 24.8 Å². The zero-order valence-electron chi connectivity index (χ0n) is 12.3. The van der Waals surface area contributed by atoms with Crippen molar-refractivity contribution in [1.29, 1.82) is 0 Å². The van der Waals surface area contributed by atoms with E-state index >= 15 is 0 Å². The SMILES string of the molecule is C=C(CCC)C(CCC)(CCC)c1ccccc1. The molecule has 0 aliphatic heterocycles. The second-order valence-electron chi connectivity index (χ2n) is 5.30. The first-order chi connectivity index (χ1) is 8.71. The van der Waals surface area contributed by atoms with Crippen molar-refractivity contribution < 1.29 is 0 Å². The van der Waals surface area contributed by atoms with Gasteiger partial charge >= 0.3 is 0 Å². The summed E-state index contributed by atoms with van der Waals surface area (Å²) in [5.41, 5.74) is 3.10. The summed E-state index contributed by atoms with van der Waals surface area (Å²) in [6, 6.07) is 11.0. The van der Waals surface area contributed by atoms with Crippen molar-refractivity contribution in [3.63, 3.8) is 0 Å². The van der Waals surface area contributed by atoms with Crippen LogP contribution in [0.15, 0.2) is 42.5 Å². The molecule has 0 spiro atoms. The maximum Gasteiger partial charge on any atom is 0.0159 e. The summed E-state index contributed by atoms with van der Waals surface area (Å²) in [6.45, 7) is 11.2. The number of benzene rings is 1. The van der Waals surface area contributed by atoms with Gasteiger partial charge in [-0.25, -0.2) is 0 Å². The van der Waals surface area contributed by atoms with Gasteiger partial charge in [0.15, 0.2) is 0 Å². The average Bonchev–Trinajstić information content (AvgIpc) is 2.39. The topological polar surface area (TPSA) is 0 Å². The van der Waals surface area contributed by atoms with Gasteiger partial charge in [0.05, 0.1) is 0 Å². The van der Waals surface area contributed by atoms with Gasteiger partial charge in [-0.15, -0.1) is 0 Å². The molecule has 1 aromatic rings. The fraction of sp³-hybridized carbons (Fsp3) is 0.556. The van der Waals surface area contributed by atoms with Crippen molar-refractivity contribution in [1.82, 2.24) is 0 Å². The lowest BCUT2D eigenvalue weighted by Gasteiger charge is -2.37. The van der Waals surface area contributed by atoms with Gasteiger partial charge in [0.25, 0.3) is 0 Å². The lowest BCUT2D eigenvalue weighted by molar-refractivity contribution is 0.405. The van der Waals surface area contributed by atoms with Gasteiger partial charge in [-0.3, -0.25) is 0 Å². The second kappa shape index (κ2) is 7.41. The highest BCUT2D eigenvalue weighted by Crippen LogP contribution is 2.42. The van der Waals surface area contributed by atoms with Crippen LogP contribution < -0.4 is 0 Å². The summed E-state index contributed by atoms with van der Waals surface area (Å²) in [4.78, 5) is 0. The van der Waals surface area contributed by atoms with Crippen LogP contribution in [-0.2, 0) is 5.41 Å². The Kier molecular flexibility index (Phi) is 6.18. The summed E-state index contributed by atoms with van der Waals surface area (Å²) >= 11 is 0. The smallest absolute Gasteiger partial charge is 0.0159 e. The van der Waals surface area contributed by atoms with E-state index in [9.17, 15) is 0 Å². The second-order valence-corrected chi connectivity index (χ2v) is 5.30. The monoisotopic (exact) mass is 244 g/mol. The van der Waals surface area contributed by atoms with E-state index in [0.29, 0.717) is 0 Å². The highest BCUT2D eigenvalue weighted by atomic mass is 14.4. The lowest BCUT2D eigenvalue weighted by atomic mass is 9.67. The van der Waals surface area contributed by atoms with E-state index in [0.717, 1.165) is 6.42 Å². The predicted octanol–water partition coefficient (Wildman–Crippen LogP) is 5.88. The highest BCUT2D eigenvalue weighted by Gasteiger charge is 2.32. The molecule has 18 heavy (non-hydrogen) atoms. The zero-order valence-corrected chi connectivity index (χ0v) is 12.3. The van der Waals surface area contributed by atoms with E-state index in [1.54, 1.807) is 0 Å². The van der Waals surface area contributed by atoms with Crippen LogP contribution in [0.4, 0.5) is 0 Å². The summed E-state index contributed by atoms with van der Waals surface area (Å²) in [5.74, 6) is 0. The van der Waals surface area contributed by atoms with Gasteiger partial charge in [-0.1, -0.05) is 82.5 Å². The van der Waals surface area contributed by atoms with Crippen LogP contribution in [0.2, 0.25) is 0 Å². The molecule has 0 N–H and O–H groups in total. The van der Waals surface area contributed by atoms with Crippen molar-refractivity contribution in [3.8, 4) is 0 Å². The molecule has 0 heterocycles. The molecule has 0 aliphatic carbocycles. The van der Waals surface area contributed by atoms with E-state index in [1.165, 1.54) is 43.2 Å². The van der Waals surface area contributed by atoms with Crippen molar-refractivity contribution in [2.24, 2.45) is 0 Å². The summed E-state index contributed by atoms with van der Waals surface area (Å²) in [6.07, 6.45) is 7.23. The van der Waals surface area contributed by atoms with Crippen LogP contribution in [0.5, 0.6) is 0 Å². The Balaban J connectivity index is 3.16. The van der Waals surface area contributed by atoms with Crippen molar-refractivity contribution in [2.45, 2.75) is 64.7 Å². The molecule has 1 rings (SSSR count). The first-order valence-corrected chi connectivity index (χ1v) is 7.45. The minimum Gasteiger partial charge on any atom is -0.0990 e. The van der Waals surface area contributed by atoms with E-state index in [-0.39, 0.29) is 5.41 Å². The molecular formula is C18H28. The minimum atomic E-state index is 0.209. The predicted molar refractivity (Wildman–Crippen MR) is 82.0 cm³/mol. The number of rotatable bonds is 8. The Bertz CT molecular complexity index is 342. The number of allylic oxidation sites excluding steroid dienone is 1. The minimum absolute atomic E-state index is 0.209. The molecule has 0 nitrogen and oxygen atoms in total. The van der Waals surface area contributed by atoms with Gasteiger partial charge in [0.1, 0.15) is 0 Å². The fourth-order valence-electron chi connectivity index (χ4n) is 3.12. The zero-order chi connectivity index (χ0) is 13.4. The third-order valence-corrected chi connectivity index (χ3v) is 3.91. The molecule has 0 fully saturated rings. The number of hydrogen-bond donors (Lipinski definition) is 0. The maximum absolute atomic E-state index is 4.43. The summed E-state index contributed by atoms with van der Waals surface area (Å²) < 4.78 is 0. The summed E-state index contributed by atoms with van der Waals surface area (Å²) in [7, 11) is 0. The third kappa shape index (κ3) is 3.25. The van der Waals surface area contributed by atoms with Crippen LogP contribution in [0.25, 0.3) is 0 Å². The molecule has 1 aromatic carbocycles. The Morgan fingerprint density at radius 1 is 0.944 bits per heavy atom. The fourth-order valence-corrected chi connectivity index (χ4v) is 3.12. The van der Waals surface area contributed by atoms with Crippen LogP contribution >= 0.6 is 0 Å². The molecule has 0 unspecified atom stereocenters. The Labute approximate surface area is 113 Å². The van der Waals surface area contributed by atoms with Crippen LogP contribution in [0.3, 0.4) is 0 Å². The van der Waals surface area contributed by atoms with Crippen molar-refractivity contribution in [2.75, 3.05) is 0 Å². The average molecular weight is 244 g/mol. The third-order valence-electron chi connectivity index (χ3n) is 3.91. The number of hydrogen-bond acceptors (Lipinski definition) is 0. The Morgan fingerprint density at radius 3 is 1.94 bits per heavy atom. The quantitative estimate of drug-likeness (QED) is 0.501. The van der Waals surface area contributed by atoms with Crippen LogP contribution in [0, 0.1) is 0 Å². The van der Waals surface area contributed by atoms with E-state index < -0.39 is 0 Å². The molecule has 0 amide bonds. The molecule has 0 radical (unpaired) electrons. The van der Waals surface area contributed by atoms with Crippen LogP contribution in [0.1, 0.15) is 64.9 Å². The van der Waals surface area contributed by atoms with Gasteiger partial charge < -0.3 is 0 Å². The van der Waals surface area contributed by atoms with E-state index in [1.807, 2.05) is 0 Å². The first kappa shape index (κ1) is 15.0. The van der Waals surface area contributed by atoms with Gasteiger partial charge in [-0.2, -0.15) is 0 Å². The largest absolute Gasteiger partial charge is 0.0990 e. The highest BCUT2D eigenvalue weighted by molar-refractivity contribution is 5.35. The molecule has 0 aromatic heterocycles. The lowest BCUT2D eigenvalue weighted by Crippen LogP contribution is -2.28. The Hall–Kier alpha value is -1.04. The molecule has 100 valence electrons. The van der Waals surface area contributed by atoms with Gasteiger partial charge in [0, 0.05) is 5.41 Å². The molecular weight excluding hydrogens is 216 g/mol. The van der Waals surface area contributed by atoms with Crippen molar-refractivity contribution in [3.05, 3.63) is 48.0 Å². The standard InChI is InChI=1S/C18H28/c1-5-11-16(4)18(14-6-2,15-7-3)17-12-9-8-10-13-17/h8-10,12-13H,4-7,11,14-15H2,1-3H3. The molecule has 0 aliphatic rings. The molecule has 0 heteroatoms. The maximum atomic E-state index is 4.43. The normalized spacial score (nSPS) is 11.5. The molecule has 0 bridgehead atoms.